The van der Waals surface area contributed by atoms with Crippen LogP contribution in [0.4, 0.5) is 0 Å². The molecule has 0 bridgehead atoms. The van der Waals surface area contributed by atoms with Crippen LogP contribution in [0.1, 0.15) is 27.0 Å². The first-order chi connectivity index (χ1) is 8.58. The van der Waals surface area contributed by atoms with Gasteiger partial charge in [-0.3, -0.25) is 4.79 Å². The van der Waals surface area contributed by atoms with Gasteiger partial charge in [-0.2, -0.15) is 0 Å². The molecule has 2 rings (SSSR count). The highest BCUT2D eigenvalue weighted by atomic mass is 35.5. The molecule has 0 amide bonds. The van der Waals surface area contributed by atoms with E-state index >= 15 is 0 Å². The smallest absolute Gasteiger partial charge is 0.167 e. The first kappa shape index (κ1) is 12.8. The minimum absolute atomic E-state index is 0.106. The van der Waals surface area contributed by atoms with Gasteiger partial charge in [-0.05, 0) is 42.7 Å². The van der Waals surface area contributed by atoms with E-state index < -0.39 is 0 Å². The standard InChI is InChI=1S/C16H15ClO/c1-11-5-3-6-12(2)15(11)10-16(18)13-7-4-8-14(17)9-13/h3-9H,10H2,1-2H3. The number of rotatable bonds is 3. The van der Waals surface area contributed by atoms with Gasteiger partial charge in [0.05, 0.1) is 0 Å². The first-order valence-electron chi connectivity index (χ1n) is 5.92. The molecule has 1 nitrogen and oxygen atoms in total. The summed E-state index contributed by atoms with van der Waals surface area (Å²) in [6.07, 6.45) is 0.429. The predicted molar refractivity (Wildman–Crippen MR) is 75.4 cm³/mol. The monoisotopic (exact) mass is 258 g/mol. The lowest BCUT2D eigenvalue weighted by Gasteiger charge is -2.09. The minimum atomic E-state index is 0.106. The molecular formula is C16H15ClO. The van der Waals surface area contributed by atoms with Crippen LogP contribution in [-0.2, 0) is 6.42 Å². The molecule has 2 aromatic rings. The van der Waals surface area contributed by atoms with Crippen LogP contribution in [0.2, 0.25) is 5.02 Å². The van der Waals surface area contributed by atoms with Crippen LogP contribution in [0.15, 0.2) is 42.5 Å². The Balaban J connectivity index is 2.27. The Morgan fingerprint density at radius 1 is 1.06 bits per heavy atom. The van der Waals surface area contributed by atoms with E-state index in [1.54, 1.807) is 18.2 Å². The molecule has 0 fully saturated rings. The third-order valence-corrected chi connectivity index (χ3v) is 3.36. The van der Waals surface area contributed by atoms with Crippen molar-refractivity contribution in [3.63, 3.8) is 0 Å². The summed E-state index contributed by atoms with van der Waals surface area (Å²) < 4.78 is 0. The molecule has 0 aliphatic rings. The summed E-state index contributed by atoms with van der Waals surface area (Å²) in [5.74, 6) is 0.106. The van der Waals surface area contributed by atoms with Crippen molar-refractivity contribution in [2.45, 2.75) is 20.3 Å². The predicted octanol–water partition coefficient (Wildman–Crippen LogP) is 4.38. The van der Waals surface area contributed by atoms with Gasteiger partial charge in [-0.15, -0.1) is 0 Å². The van der Waals surface area contributed by atoms with Gasteiger partial charge < -0.3 is 0 Å². The fraction of sp³-hybridized carbons (Fsp3) is 0.188. The van der Waals surface area contributed by atoms with E-state index in [0.29, 0.717) is 17.0 Å². The number of carbonyl (C=O) groups is 1. The Kier molecular flexibility index (Phi) is 3.83. The number of aryl methyl sites for hydroxylation is 2. The zero-order valence-corrected chi connectivity index (χ0v) is 11.3. The van der Waals surface area contributed by atoms with Crippen LogP contribution in [-0.4, -0.2) is 5.78 Å². The normalized spacial score (nSPS) is 10.4. The topological polar surface area (TPSA) is 17.1 Å². The summed E-state index contributed by atoms with van der Waals surface area (Å²) in [4.78, 5) is 12.2. The Hall–Kier alpha value is -1.60. The Labute approximate surface area is 112 Å². The molecule has 0 heterocycles. The zero-order valence-electron chi connectivity index (χ0n) is 10.5. The largest absolute Gasteiger partial charge is 0.294 e. The fourth-order valence-corrected chi connectivity index (χ4v) is 2.24. The van der Waals surface area contributed by atoms with Gasteiger partial charge in [0.15, 0.2) is 5.78 Å². The average Bonchev–Trinajstić information content (AvgIpc) is 2.34. The SMILES string of the molecule is Cc1cccc(C)c1CC(=O)c1cccc(Cl)c1. The highest BCUT2D eigenvalue weighted by Gasteiger charge is 2.10. The van der Waals surface area contributed by atoms with E-state index in [-0.39, 0.29) is 5.78 Å². The molecular weight excluding hydrogens is 244 g/mol. The van der Waals surface area contributed by atoms with Crippen molar-refractivity contribution in [3.8, 4) is 0 Å². The molecule has 0 saturated carbocycles. The molecule has 2 heteroatoms. The van der Waals surface area contributed by atoms with Gasteiger partial charge in [0.2, 0.25) is 0 Å². The molecule has 92 valence electrons. The van der Waals surface area contributed by atoms with Crippen molar-refractivity contribution in [1.29, 1.82) is 0 Å². The second kappa shape index (κ2) is 5.36. The van der Waals surface area contributed by atoms with E-state index in [1.807, 2.05) is 38.1 Å². The van der Waals surface area contributed by atoms with Crippen molar-refractivity contribution < 1.29 is 4.79 Å². The second-order valence-electron chi connectivity index (χ2n) is 4.48. The van der Waals surface area contributed by atoms with Crippen LogP contribution < -0.4 is 0 Å². The van der Waals surface area contributed by atoms with Crippen LogP contribution in [0, 0.1) is 13.8 Å². The van der Waals surface area contributed by atoms with Crippen LogP contribution in [0.3, 0.4) is 0 Å². The fourth-order valence-electron chi connectivity index (χ4n) is 2.05. The Morgan fingerprint density at radius 2 is 1.67 bits per heavy atom. The summed E-state index contributed by atoms with van der Waals surface area (Å²) in [5, 5.41) is 0.599. The average molecular weight is 259 g/mol. The third-order valence-electron chi connectivity index (χ3n) is 3.13. The van der Waals surface area contributed by atoms with Crippen molar-refractivity contribution in [1.82, 2.24) is 0 Å². The highest BCUT2D eigenvalue weighted by Crippen LogP contribution is 2.18. The summed E-state index contributed by atoms with van der Waals surface area (Å²) in [5.41, 5.74) is 4.10. The maximum Gasteiger partial charge on any atom is 0.167 e. The molecule has 0 saturated heterocycles. The Morgan fingerprint density at radius 3 is 2.28 bits per heavy atom. The van der Waals surface area contributed by atoms with Gasteiger partial charge in [-0.25, -0.2) is 0 Å². The first-order valence-corrected chi connectivity index (χ1v) is 6.29. The lowest BCUT2D eigenvalue weighted by Crippen LogP contribution is -2.06. The van der Waals surface area contributed by atoms with Crippen molar-refractivity contribution in [3.05, 3.63) is 69.7 Å². The number of carbonyl (C=O) groups excluding carboxylic acids is 1. The Bertz CT molecular complexity index is 567. The molecule has 0 N–H and O–H groups in total. The number of hydrogen-bond donors (Lipinski definition) is 0. The maximum absolute atomic E-state index is 12.2. The molecule has 0 radical (unpaired) electrons. The lowest BCUT2D eigenvalue weighted by molar-refractivity contribution is 0.0992. The molecule has 0 unspecified atom stereocenters. The second-order valence-corrected chi connectivity index (χ2v) is 4.92. The number of ketones is 1. The van der Waals surface area contributed by atoms with Gasteiger partial charge >= 0.3 is 0 Å². The summed E-state index contributed by atoms with van der Waals surface area (Å²) in [6, 6.07) is 13.2. The summed E-state index contributed by atoms with van der Waals surface area (Å²) in [6.45, 7) is 4.07. The van der Waals surface area contributed by atoms with E-state index in [4.69, 9.17) is 11.6 Å². The van der Waals surface area contributed by atoms with Crippen LogP contribution in [0.25, 0.3) is 0 Å². The van der Waals surface area contributed by atoms with Gasteiger partial charge in [0.25, 0.3) is 0 Å². The van der Waals surface area contributed by atoms with Crippen LogP contribution in [0.5, 0.6) is 0 Å². The summed E-state index contributed by atoms with van der Waals surface area (Å²) >= 11 is 5.90. The number of halogens is 1. The van der Waals surface area contributed by atoms with E-state index in [2.05, 4.69) is 0 Å². The minimum Gasteiger partial charge on any atom is -0.294 e. The third kappa shape index (κ3) is 2.80. The van der Waals surface area contributed by atoms with E-state index in [0.717, 1.165) is 16.7 Å². The van der Waals surface area contributed by atoms with Gasteiger partial charge in [-0.1, -0.05) is 41.9 Å². The molecule has 0 aromatic heterocycles. The van der Waals surface area contributed by atoms with Gasteiger partial charge in [0, 0.05) is 17.0 Å². The van der Waals surface area contributed by atoms with Gasteiger partial charge in [0.1, 0.15) is 0 Å². The summed E-state index contributed by atoms with van der Waals surface area (Å²) in [7, 11) is 0. The number of Topliss-reactive ketones (excluding diaryl/α,β-unsaturated/α-hetero) is 1. The van der Waals surface area contributed by atoms with Crippen molar-refractivity contribution in [2.75, 3.05) is 0 Å². The molecule has 0 atom stereocenters. The van der Waals surface area contributed by atoms with E-state index in [9.17, 15) is 4.79 Å². The molecule has 0 aliphatic carbocycles. The molecule has 0 spiro atoms. The highest BCUT2D eigenvalue weighted by molar-refractivity contribution is 6.31. The zero-order chi connectivity index (χ0) is 13.1. The van der Waals surface area contributed by atoms with Crippen molar-refractivity contribution in [2.24, 2.45) is 0 Å². The van der Waals surface area contributed by atoms with Crippen LogP contribution >= 0.6 is 11.6 Å². The maximum atomic E-state index is 12.2. The molecule has 0 aliphatic heterocycles. The molecule has 18 heavy (non-hydrogen) atoms. The lowest BCUT2D eigenvalue weighted by atomic mass is 9.96. The number of benzene rings is 2. The molecule has 2 aromatic carbocycles. The quantitative estimate of drug-likeness (QED) is 0.747. The number of hydrogen-bond acceptors (Lipinski definition) is 1. The van der Waals surface area contributed by atoms with E-state index in [1.165, 1.54) is 0 Å². The van der Waals surface area contributed by atoms with Crippen molar-refractivity contribution >= 4 is 17.4 Å².